The number of nitrogens with zero attached hydrogens (tertiary/aromatic N) is 3. The van der Waals surface area contributed by atoms with Crippen molar-refractivity contribution < 1.29 is 24.2 Å². The highest BCUT2D eigenvalue weighted by Crippen LogP contribution is 2.59. The number of carbonyl (C=O) groups excluding carboxylic acids is 3. The number of hydrogen-bond donors (Lipinski definition) is 1. The molecule has 8 nitrogen and oxygen atoms in total. The number of benzene rings is 2. The third-order valence-electron chi connectivity index (χ3n) is 8.54. The van der Waals surface area contributed by atoms with Crippen molar-refractivity contribution in [2.75, 3.05) is 36.0 Å². The van der Waals surface area contributed by atoms with Gasteiger partial charge in [-0.05, 0) is 56.0 Å². The maximum atomic E-state index is 14.5. The van der Waals surface area contributed by atoms with Gasteiger partial charge in [0.25, 0.3) is 5.91 Å². The first-order valence-electron chi connectivity index (χ1n) is 13.8. The number of fused-ring (bicyclic) bond motifs is 1. The van der Waals surface area contributed by atoms with E-state index in [1.807, 2.05) is 62.4 Å². The van der Waals surface area contributed by atoms with Gasteiger partial charge < -0.3 is 24.5 Å². The minimum atomic E-state index is -1.15. The summed E-state index contributed by atoms with van der Waals surface area (Å²) < 4.78 is 6.59. The second-order valence-corrected chi connectivity index (χ2v) is 10.9. The van der Waals surface area contributed by atoms with Crippen LogP contribution < -0.4 is 9.80 Å². The molecule has 1 N–H and O–H groups in total. The van der Waals surface area contributed by atoms with E-state index in [1.165, 1.54) is 4.90 Å². The molecule has 2 aromatic rings. The minimum Gasteiger partial charge on any atom is -0.395 e. The summed E-state index contributed by atoms with van der Waals surface area (Å²) in [6, 6.07) is 14.2. The topological polar surface area (TPSA) is 90.4 Å². The molecule has 2 bridgehead atoms. The van der Waals surface area contributed by atoms with Gasteiger partial charge in [-0.15, -0.1) is 13.2 Å². The summed E-state index contributed by atoms with van der Waals surface area (Å²) in [5.41, 5.74) is 2.21. The van der Waals surface area contributed by atoms with Gasteiger partial charge in [-0.2, -0.15) is 0 Å². The van der Waals surface area contributed by atoms with E-state index in [1.54, 1.807) is 22.0 Å². The molecule has 5 rings (SSSR count). The quantitative estimate of drug-likeness (QED) is 0.464. The van der Waals surface area contributed by atoms with Crippen molar-refractivity contribution in [1.82, 2.24) is 4.90 Å². The number of aryl methyl sites for hydroxylation is 2. The first-order chi connectivity index (χ1) is 19.3. The number of para-hydroxylation sites is 1. The number of amides is 3. The van der Waals surface area contributed by atoms with Crippen LogP contribution in [-0.2, 0) is 19.1 Å². The maximum Gasteiger partial charge on any atom is 0.253 e. The molecule has 2 unspecified atom stereocenters. The van der Waals surface area contributed by atoms with Gasteiger partial charge in [-0.1, -0.05) is 42.5 Å². The van der Waals surface area contributed by atoms with Crippen LogP contribution in [0.15, 0.2) is 73.8 Å². The molecule has 3 aliphatic heterocycles. The van der Waals surface area contributed by atoms with Gasteiger partial charge >= 0.3 is 0 Å². The van der Waals surface area contributed by atoms with E-state index >= 15 is 0 Å². The molecular formula is C32H37N3O5. The maximum absolute atomic E-state index is 14.5. The van der Waals surface area contributed by atoms with Gasteiger partial charge in [-0.3, -0.25) is 14.4 Å². The first-order valence-corrected chi connectivity index (χ1v) is 13.8. The fourth-order valence-corrected chi connectivity index (χ4v) is 6.90. The number of anilines is 2. The van der Waals surface area contributed by atoms with Gasteiger partial charge in [0.1, 0.15) is 11.6 Å². The van der Waals surface area contributed by atoms with Gasteiger partial charge in [-0.25, -0.2) is 0 Å². The van der Waals surface area contributed by atoms with Crippen LogP contribution in [0.2, 0.25) is 0 Å². The highest BCUT2D eigenvalue weighted by atomic mass is 16.5. The van der Waals surface area contributed by atoms with Gasteiger partial charge in [0.15, 0.2) is 0 Å². The van der Waals surface area contributed by atoms with Crippen molar-refractivity contribution in [3.05, 3.63) is 85.0 Å². The average molecular weight is 544 g/mol. The zero-order valence-corrected chi connectivity index (χ0v) is 23.2. The molecule has 0 saturated carbocycles. The summed E-state index contributed by atoms with van der Waals surface area (Å²) in [7, 11) is 0. The average Bonchev–Trinajstić information content (AvgIpc) is 3.59. The van der Waals surface area contributed by atoms with Crippen LogP contribution in [-0.4, -0.2) is 71.7 Å². The Hall–Kier alpha value is -3.75. The van der Waals surface area contributed by atoms with Crippen LogP contribution in [0.3, 0.4) is 0 Å². The molecule has 210 valence electrons. The van der Waals surface area contributed by atoms with Crippen molar-refractivity contribution in [1.29, 1.82) is 0 Å². The van der Waals surface area contributed by atoms with Crippen LogP contribution in [0.5, 0.6) is 0 Å². The number of ether oxygens (including phenoxy) is 1. The Morgan fingerprint density at radius 1 is 1.07 bits per heavy atom. The zero-order valence-electron chi connectivity index (χ0n) is 23.2. The largest absolute Gasteiger partial charge is 0.395 e. The molecule has 3 fully saturated rings. The lowest BCUT2D eigenvalue weighted by atomic mass is 9.70. The van der Waals surface area contributed by atoms with E-state index in [9.17, 15) is 19.5 Å². The number of aliphatic hydroxyl groups is 1. The van der Waals surface area contributed by atoms with E-state index in [0.717, 1.165) is 16.8 Å². The van der Waals surface area contributed by atoms with E-state index < -0.39 is 29.6 Å². The molecule has 40 heavy (non-hydrogen) atoms. The van der Waals surface area contributed by atoms with Crippen LogP contribution >= 0.6 is 0 Å². The molecule has 3 aliphatic rings. The Kier molecular flexibility index (Phi) is 7.66. The molecule has 0 radical (unpaired) electrons. The molecule has 0 aromatic heterocycles. The molecule has 3 heterocycles. The number of rotatable bonds is 10. The lowest BCUT2D eigenvalue weighted by Crippen LogP contribution is -2.57. The summed E-state index contributed by atoms with van der Waals surface area (Å²) in [4.78, 5) is 47.5. The summed E-state index contributed by atoms with van der Waals surface area (Å²) in [6.07, 6.45) is 3.90. The van der Waals surface area contributed by atoms with Gasteiger partial charge in [0.05, 0.1) is 24.5 Å². The fourth-order valence-electron chi connectivity index (χ4n) is 6.90. The van der Waals surface area contributed by atoms with Crippen LogP contribution in [0, 0.1) is 25.7 Å². The van der Waals surface area contributed by atoms with Crippen molar-refractivity contribution in [2.45, 2.75) is 44.4 Å². The molecule has 2 aromatic carbocycles. The first kappa shape index (κ1) is 27.8. The van der Waals surface area contributed by atoms with E-state index in [-0.39, 0.29) is 44.0 Å². The predicted octanol–water partition coefficient (Wildman–Crippen LogP) is 3.41. The Morgan fingerprint density at radius 3 is 2.45 bits per heavy atom. The molecule has 3 amide bonds. The SMILES string of the molecule is C=CCN(C(=O)[C@@H]1[C@@H]2CCC3(O2)C(C(=O)N(CC=C)c2cc(C)ccc2C)N(CCO)C(=O)[C@H]13)c1ccccc1. The summed E-state index contributed by atoms with van der Waals surface area (Å²) in [5.74, 6) is -2.39. The summed E-state index contributed by atoms with van der Waals surface area (Å²) in [6.45, 7) is 11.8. The number of likely N-dealkylation sites (tertiary alicyclic amines) is 1. The summed E-state index contributed by atoms with van der Waals surface area (Å²) in [5, 5.41) is 9.93. The van der Waals surface area contributed by atoms with Crippen molar-refractivity contribution >= 4 is 29.1 Å². The number of carbonyl (C=O) groups is 3. The Labute approximate surface area is 235 Å². The van der Waals surface area contributed by atoms with E-state index in [2.05, 4.69) is 13.2 Å². The van der Waals surface area contributed by atoms with Crippen molar-refractivity contribution in [3.63, 3.8) is 0 Å². The van der Waals surface area contributed by atoms with Crippen molar-refractivity contribution in [2.24, 2.45) is 11.8 Å². The molecule has 8 heteroatoms. The van der Waals surface area contributed by atoms with Crippen molar-refractivity contribution in [3.8, 4) is 0 Å². The molecular weight excluding hydrogens is 506 g/mol. The molecule has 1 spiro atoms. The third kappa shape index (κ3) is 4.35. The minimum absolute atomic E-state index is 0.0216. The normalized spacial score (nSPS) is 26.5. The number of β-amino-alcohol motifs (C(OH)–C–C–N with tert-alkyl or cyclic N) is 1. The highest BCUT2D eigenvalue weighted by Gasteiger charge is 2.75. The molecule has 5 atom stereocenters. The lowest BCUT2D eigenvalue weighted by Gasteiger charge is -2.37. The Bertz CT molecular complexity index is 1330. The second-order valence-electron chi connectivity index (χ2n) is 10.9. The summed E-state index contributed by atoms with van der Waals surface area (Å²) >= 11 is 0. The third-order valence-corrected chi connectivity index (χ3v) is 8.54. The highest BCUT2D eigenvalue weighted by molar-refractivity contribution is 6.06. The molecule has 0 aliphatic carbocycles. The fraction of sp³-hybridized carbons (Fsp3) is 0.406. The smallest absolute Gasteiger partial charge is 0.253 e. The van der Waals surface area contributed by atoms with Crippen LogP contribution in [0.4, 0.5) is 11.4 Å². The lowest BCUT2D eigenvalue weighted by molar-refractivity contribution is -0.141. The van der Waals surface area contributed by atoms with Gasteiger partial charge in [0, 0.05) is 31.0 Å². The van der Waals surface area contributed by atoms with Crippen LogP contribution in [0.25, 0.3) is 0 Å². The monoisotopic (exact) mass is 543 g/mol. The van der Waals surface area contributed by atoms with Crippen LogP contribution in [0.1, 0.15) is 24.0 Å². The van der Waals surface area contributed by atoms with E-state index in [0.29, 0.717) is 18.5 Å². The Balaban J connectivity index is 1.56. The zero-order chi connectivity index (χ0) is 28.6. The van der Waals surface area contributed by atoms with E-state index in [4.69, 9.17) is 4.74 Å². The Morgan fingerprint density at radius 2 is 1.77 bits per heavy atom. The molecule has 3 saturated heterocycles. The standard InChI is InChI=1S/C32H37N3O5/c1-5-16-33(23-10-8-7-9-11-23)29(37)26-25-14-15-32(40-25)27(26)30(38)35(18-19-36)28(32)31(39)34(17-6-2)24-20-21(3)12-13-22(24)4/h5-13,20,25-28,36H,1-2,14-19H2,3-4H3/t25-,26+,27-,28?,32?/m0/s1. The van der Waals surface area contributed by atoms with Gasteiger partial charge in [0.2, 0.25) is 11.8 Å². The number of aliphatic hydroxyl groups excluding tert-OH is 1. The second kappa shape index (κ2) is 11.0. The predicted molar refractivity (Wildman–Crippen MR) is 154 cm³/mol. The number of hydrogen-bond acceptors (Lipinski definition) is 5.